The van der Waals surface area contributed by atoms with Crippen LogP contribution in [0, 0.1) is 6.92 Å². The molecule has 146 valence electrons. The third kappa shape index (κ3) is 4.29. The van der Waals surface area contributed by atoms with Crippen molar-refractivity contribution in [3.8, 4) is 5.75 Å². The average molecular weight is 397 g/mol. The second-order valence-corrected chi connectivity index (χ2v) is 7.61. The highest BCUT2D eigenvalue weighted by Gasteiger charge is 2.38. The van der Waals surface area contributed by atoms with Gasteiger partial charge in [-0.15, -0.1) is 11.8 Å². The average Bonchev–Trinajstić information content (AvgIpc) is 2.95. The number of benzene rings is 2. The van der Waals surface area contributed by atoms with Crippen LogP contribution in [0.3, 0.4) is 0 Å². The molecule has 0 unspecified atom stereocenters. The molecule has 3 rings (SSSR count). The Bertz CT molecular complexity index is 888. The van der Waals surface area contributed by atoms with Gasteiger partial charge < -0.3 is 9.84 Å². The van der Waals surface area contributed by atoms with Gasteiger partial charge in [0.1, 0.15) is 5.75 Å². The van der Waals surface area contributed by atoms with E-state index in [0.29, 0.717) is 29.2 Å². The Morgan fingerprint density at radius 3 is 2.29 bits per heavy atom. The van der Waals surface area contributed by atoms with Gasteiger partial charge in [-0.3, -0.25) is 14.5 Å². The summed E-state index contributed by atoms with van der Waals surface area (Å²) in [6.45, 7) is 2.23. The van der Waals surface area contributed by atoms with Crippen LogP contribution in [0.5, 0.6) is 5.75 Å². The molecule has 0 saturated heterocycles. The minimum atomic E-state index is -0.285. The van der Waals surface area contributed by atoms with Crippen molar-refractivity contribution in [2.24, 2.45) is 0 Å². The lowest BCUT2D eigenvalue weighted by molar-refractivity contribution is -0.136. The van der Waals surface area contributed by atoms with Gasteiger partial charge in [0.25, 0.3) is 11.8 Å². The van der Waals surface area contributed by atoms with Gasteiger partial charge in [0.2, 0.25) is 0 Å². The third-order valence-corrected chi connectivity index (χ3v) is 5.64. The Balaban J connectivity index is 1.81. The lowest BCUT2D eigenvalue weighted by atomic mass is 10.0. The molecule has 0 spiro atoms. The zero-order chi connectivity index (χ0) is 20.1. The fourth-order valence-electron chi connectivity index (χ4n) is 3.05. The quantitative estimate of drug-likeness (QED) is 0.694. The SMILES string of the molecule is COc1ccc(CCN2C(=O)C(SCCO)=C(c3ccc(C)cc3)C2=O)cc1. The molecular weight excluding hydrogens is 374 g/mol. The largest absolute Gasteiger partial charge is 0.497 e. The number of nitrogens with zero attached hydrogens (tertiary/aromatic N) is 1. The van der Waals surface area contributed by atoms with Gasteiger partial charge in [-0.2, -0.15) is 0 Å². The molecule has 1 heterocycles. The van der Waals surface area contributed by atoms with E-state index in [9.17, 15) is 9.59 Å². The maximum atomic E-state index is 13.0. The number of hydrogen-bond donors (Lipinski definition) is 1. The molecule has 0 fully saturated rings. The predicted molar refractivity (Wildman–Crippen MR) is 111 cm³/mol. The molecule has 0 saturated carbocycles. The fourth-order valence-corrected chi connectivity index (χ4v) is 3.93. The van der Waals surface area contributed by atoms with Gasteiger partial charge in [-0.25, -0.2) is 0 Å². The van der Waals surface area contributed by atoms with E-state index in [1.807, 2.05) is 55.5 Å². The number of ether oxygens (including phenoxy) is 1. The molecule has 1 aliphatic heterocycles. The van der Waals surface area contributed by atoms with E-state index in [4.69, 9.17) is 9.84 Å². The number of imide groups is 1. The molecule has 28 heavy (non-hydrogen) atoms. The first-order valence-electron chi connectivity index (χ1n) is 9.09. The number of amides is 2. The van der Waals surface area contributed by atoms with Crippen molar-refractivity contribution in [3.05, 3.63) is 70.1 Å². The second kappa shape index (κ2) is 9.08. The van der Waals surface area contributed by atoms with E-state index < -0.39 is 0 Å². The smallest absolute Gasteiger partial charge is 0.267 e. The number of aryl methyl sites for hydroxylation is 1. The van der Waals surface area contributed by atoms with Crippen LogP contribution in [0.2, 0.25) is 0 Å². The third-order valence-electron chi connectivity index (χ3n) is 4.59. The van der Waals surface area contributed by atoms with Gasteiger partial charge in [0.05, 0.1) is 24.2 Å². The van der Waals surface area contributed by atoms with Crippen LogP contribution in [0.4, 0.5) is 0 Å². The van der Waals surface area contributed by atoms with E-state index in [2.05, 4.69) is 0 Å². The molecule has 2 aromatic rings. The molecule has 1 aliphatic rings. The van der Waals surface area contributed by atoms with Gasteiger partial charge in [0, 0.05) is 12.3 Å². The first kappa shape index (κ1) is 20.2. The molecular formula is C22H23NO4S. The van der Waals surface area contributed by atoms with Crippen LogP contribution >= 0.6 is 11.8 Å². The lowest BCUT2D eigenvalue weighted by Gasteiger charge is -2.15. The summed E-state index contributed by atoms with van der Waals surface area (Å²) in [4.78, 5) is 27.7. The maximum Gasteiger partial charge on any atom is 0.267 e. The Labute approximate surface area is 169 Å². The van der Waals surface area contributed by atoms with Crippen LogP contribution in [0.1, 0.15) is 16.7 Å². The summed E-state index contributed by atoms with van der Waals surface area (Å²) in [7, 11) is 1.61. The minimum Gasteiger partial charge on any atom is -0.497 e. The van der Waals surface area contributed by atoms with Gasteiger partial charge in [0.15, 0.2) is 0 Å². The summed E-state index contributed by atoms with van der Waals surface area (Å²) < 4.78 is 5.16. The first-order valence-corrected chi connectivity index (χ1v) is 10.1. The van der Waals surface area contributed by atoms with Gasteiger partial charge in [-0.05, 0) is 36.6 Å². The summed E-state index contributed by atoms with van der Waals surface area (Å²) in [5.41, 5.74) is 3.27. The van der Waals surface area contributed by atoms with Crippen molar-refractivity contribution in [1.82, 2.24) is 4.90 Å². The number of carbonyl (C=O) groups excluding carboxylic acids is 2. The summed E-state index contributed by atoms with van der Waals surface area (Å²) in [5.74, 6) is 0.578. The highest BCUT2D eigenvalue weighted by atomic mass is 32.2. The van der Waals surface area contributed by atoms with Crippen molar-refractivity contribution < 1.29 is 19.4 Å². The number of aliphatic hydroxyl groups excluding tert-OH is 1. The zero-order valence-electron chi connectivity index (χ0n) is 16.0. The first-order chi connectivity index (χ1) is 13.5. The molecule has 2 aromatic carbocycles. The molecule has 0 aliphatic carbocycles. The molecule has 2 amide bonds. The Morgan fingerprint density at radius 2 is 1.68 bits per heavy atom. The number of carbonyl (C=O) groups is 2. The van der Waals surface area contributed by atoms with Crippen LogP contribution in [0.25, 0.3) is 5.57 Å². The van der Waals surface area contributed by atoms with E-state index in [1.54, 1.807) is 7.11 Å². The fraction of sp³-hybridized carbons (Fsp3) is 0.273. The molecule has 0 radical (unpaired) electrons. The molecule has 6 heteroatoms. The standard InChI is InChI=1S/C22H23NO4S/c1-15-3-7-17(8-4-15)19-20(28-14-13-24)22(26)23(21(19)25)12-11-16-5-9-18(27-2)10-6-16/h3-10,24H,11-14H2,1-2H3. The van der Waals surface area contributed by atoms with E-state index in [1.165, 1.54) is 16.7 Å². The molecule has 0 bridgehead atoms. The number of rotatable bonds is 8. The Kier molecular flexibility index (Phi) is 6.54. The highest BCUT2D eigenvalue weighted by molar-refractivity contribution is 8.04. The summed E-state index contributed by atoms with van der Waals surface area (Å²) in [6.07, 6.45) is 0.570. The van der Waals surface area contributed by atoms with Crippen molar-refractivity contribution in [3.63, 3.8) is 0 Å². The van der Waals surface area contributed by atoms with E-state index >= 15 is 0 Å². The van der Waals surface area contributed by atoms with Gasteiger partial charge >= 0.3 is 0 Å². The molecule has 1 N–H and O–H groups in total. The highest BCUT2D eigenvalue weighted by Crippen LogP contribution is 2.36. The van der Waals surface area contributed by atoms with Crippen LogP contribution in [-0.4, -0.2) is 47.8 Å². The molecule has 0 atom stereocenters. The van der Waals surface area contributed by atoms with Crippen LogP contribution < -0.4 is 4.74 Å². The monoisotopic (exact) mass is 397 g/mol. The topological polar surface area (TPSA) is 66.8 Å². The predicted octanol–water partition coefficient (Wildman–Crippen LogP) is 3.05. The van der Waals surface area contributed by atoms with Crippen LogP contribution in [-0.2, 0) is 16.0 Å². The lowest BCUT2D eigenvalue weighted by Crippen LogP contribution is -2.33. The zero-order valence-corrected chi connectivity index (χ0v) is 16.8. The van der Waals surface area contributed by atoms with Crippen molar-refractivity contribution in [2.75, 3.05) is 26.0 Å². The second-order valence-electron chi connectivity index (χ2n) is 6.50. The number of hydrogen-bond acceptors (Lipinski definition) is 5. The molecule has 0 aromatic heterocycles. The number of methoxy groups -OCH3 is 1. The summed E-state index contributed by atoms with van der Waals surface area (Å²) in [6, 6.07) is 15.2. The minimum absolute atomic E-state index is 0.0529. The summed E-state index contributed by atoms with van der Waals surface area (Å²) >= 11 is 1.23. The number of thioether (sulfide) groups is 1. The number of aliphatic hydroxyl groups is 1. The van der Waals surface area contributed by atoms with Crippen LogP contribution in [0.15, 0.2) is 53.4 Å². The maximum absolute atomic E-state index is 13.0. The van der Waals surface area contributed by atoms with E-state index in [0.717, 1.165) is 22.4 Å². The van der Waals surface area contributed by atoms with Crippen molar-refractivity contribution in [2.45, 2.75) is 13.3 Å². The van der Waals surface area contributed by atoms with E-state index in [-0.39, 0.29) is 18.4 Å². The van der Waals surface area contributed by atoms with Crippen molar-refractivity contribution >= 4 is 29.1 Å². The van der Waals surface area contributed by atoms with Gasteiger partial charge in [-0.1, -0.05) is 42.0 Å². The Morgan fingerprint density at radius 1 is 1.00 bits per heavy atom. The van der Waals surface area contributed by atoms with Crippen molar-refractivity contribution in [1.29, 1.82) is 0 Å². The molecule has 5 nitrogen and oxygen atoms in total. The normalized spacial score (nSPS) is 14.2. The Hall–Kier alpha value is -2.57. The summed E-state index contributed by atoms with van der Waals surface area (Å²) in [5, 5.41) is 9.17.